The number of hydrogen-bond donors (Lipinski definition) is 1. The molecule has 174 valence electrons. The highest BCUT2D eigenvalue weighted by Gasteiger charge is 2.20. The molecule has 1 aromatic carbocycles. The lowest BCUT2D eigenvalue weighted by Gasteiger charge is -2.16. The molecule has 0 saturated heterocycles. The van der Waals surface area contributed by atoms with E-state index >= 15 is 0 Å². The van der Waals surface area contributed by atoms with Gasteiger partial charge in [0.2, 0.25) is 0 Å². The number of furan rings is 1. The van der Waals surface area contributed by atoms with Crippen molar-refractivity contribution in [1.82, 2.24) is 18.7 Å². The largest absolute Gasteiger partial charge is 0.491 e. The second-order valence-electron chi connectivity index (χ2n) is 7.75. The van der Waals surface area contributed by atoms with E-state index in [2.05, 4.69) is 4.98 Å². The van der Waals surface area contributed by atoms with Gasteiger partial charge in [-0.3, -0.25) is 13.9 Å². The van der Waals surface area contributed by atoms with Gasteiger partial charge in [-0.15, -0.1) is 0 Å². The standard InChI is InChI=1S/C23H25ClN4O5/c1-2-3-10-27-21-20(26(15-25-21)13-19-5-4-11-32-19)22(30)28(23(27)31)12-17(29)14-33-18-8-6-16(24)7-9-18/h4-9,11,15,17,29H,2-3,10,12-14H2,1H3/t17-/m1/s1. The summed E-state index contributed by atoms with van der Waals surface area (Å²) in [5.41, 5.74) is -0.409. The molecule has 10 heteroatoms. The Bertz CT molecular complexity index is 1320. The highest BCUT2D eigenvalue weighted by molar-refractivity contribution is 6.30. The summed E-state index contributed by atoms with van der Waals surface area (Å²) < 4.78 is 15.2. The van der Waals surface area contributed by atoms with Gasteiger partial charge in [-0.05, 0) is 42.8 Å². The van der Waals surface area contributed by atoms with Crippen LogP contribution in [0.15, 0.2) is 63.0 Å². The summed E-state index contributed by atoms with van der Waals surface area (Å²) >= 11 is 5.87. The zero-order chi connectivity index (χ0) is 23.4. The maximum Gasteiger partial charge on any atom is 0.332 e. The number of imidazole rings is 1. The zero-order valence-electron chi connectivity index (χ0n) is 18.2. The Morgan fingerprint density at radius 1 is 1.18 bits per heavy atom. The first-order valence-corrected chi connectivity index (χ1v) is 11.1. The lowest BCUT2D eigenvalue weighted by Crippen LogP contribution is -2.44. The fourth-order valence-corrected chi connectivity index (χ4v) is 3.72. The molecular formula is C23H25ClN4O5. The molecule has 3 heterocycles. The maximum atomic E-state index is 13.3. The van der Waals surface area contributed by atoms with E-state index in [1.807, 2.05) is 6.92 Å². The Labute approximate surface area is 194 Å². The summed E-state index contributed by atoms with van der Waals surface area (Å²) in [6, 6.07) is 10.3. The van der Waals surface area contributed by atoms with Gasteiger partial charge in [0.25, 0.3) is 5.56 Å². The van der Waals surface area contributed by atoms with Gasteiger partial charge in [0.1, 0.15) is 24.2 Å². The van der Waals surface area contributed by atoms with Crippen molar-refractivity contribution < 1.29 is 14.3 Å². The second-order valence-corrected chi connectivity index (χ2v) is 8.18. The molecule has 9 nitrogen and oxygen atoms in total. The van der Waals surface area contributed by atoms with E-state index in [9.17, 15) is 14.7 Å². The van der Waals surface area contributed by atoms with E-state index in [1.165, 1.54) is 10.9 Å². The van der Waals surface area contributed by atoms with E-state index in [-0.39, 0.29) is 18.7 Å². The van der Waals surface area contributed by atoms with E-state index < -0.39 is 17.4 Å². The van der Waals surface area contributed by atoms with Gasteiger partial charge in [0.15, 0.2) is 11.2 Å². The fourth-order valence-electron chi connectivity index (χ4n) is 3.59. The number of aliphatic hydroxyl groups excluding tert-OH is 1. The predicted octanol–water partition coefficient (Wildman–Crippen LogP) is 2.89. The first-order chi connectivity index (χ1) is 16.0. The highest BCUT2D eigenvalue weighted by atomic mass is 35.5. The molecule has 4 rings (SSSR count). The smallest absolute Gasteiger partial charge is 0.332 e. The van der Waals surface area contributed by atoms with Crippen LogP contribution in [-0.2, 0) is 19.6 Å². The minimum atomic E-state index is -1.08. The van der Waals surface area contributed by atoms with Crippen molar-refractivity contribution in [3.05, 3.63) is 80.6 Å². The number of aromatic nitrogens is 4. The number of halogens is 1. The summed E-state index contributed by atoms with van der Waals surface area (Å²) in [4.78, 5) is 30.8. The molecule has 0 unspecified atom stereocenters. The van der Waals surface area contributed by atoms with Crippen LogP contribution in [0, 0.1) is 0 Å². The van der Waals surface area contributed by atoms with Crippen molar-refractivity contribution in [1.29, 1.82) is 0 Å². The lowest BCUT2D eigenvalue weighted by molar-refractivity contribution is 0.0901. The van der Waals surface area contributed by atoms with Gasteiger partial charge in [-0.1, -0.05) is 24.9 Å². The lowest BCUT2D eigenvalue weighted by atomic mass is 10.3. The molecule has 0 radical (unpaired) electrons. The molecule has 0 fully saturated rings. The summed E-state index contributed by atoms with van der Waals surface area (Å²) in [5, 5.41) is 11.1. The van der Waals surface area contributed by atoms with Crippen LogP contribution < -0.4 is 16.0 Å². The molecule has 0 aliphatic carbocycles. The Kier molecular flexibility index (Phi) is 7.00. The SMILES string of the molecule is CCCCn1c(=O)n(C[C@@H](O)COc2ccc(Cl)cc2)c(=O)c2c1ncn2Cc1ccco1. The minimum absolute atomic E-state index is 0.0911. The molecular weight excluding hydrogens is 448 g/mol. The number of ether oxygens (including phenoxy) is 1. The van der Waals surface area contributed by atoms with Crippen LogP contribution in [0.3, 0.4) is 0 Å². The van der Waals surface area contributed by atoms with Gasteiger partial charge >= 0.3 is 5.69 Å². The van der Waals surface area contributed by atoms with Gasteiger partial charge in [0.05, 0.1) is 25.7 Å². The average molecular weight is 473 g/mol. The number of fused-ring (bicyclic) bond motifs is 1. The Morgan fingerprint density at radius 3 is 2.67 bits per heavy atom. The second kappa shape index (κ2) is 10.1. The van der Waals surface area contributed by atoms with Crippen molar-refractivity contribution in [3.8, 4) is 5.75 Å². The zero-order valence-corrected chi connectivity index (χ0v) is 18.9. The van der Waals surface area contributed by atoms with Crippen LogP contribution in [-0.4, -0.2) is 36.5 Å². The van der Waals surface area contributed by atoms with Crippen molar-refractivity contribution in [2.75, 3.05) is 6.61 Å². The summed E-state index contributed by atoms with van der Waals surface area (Å²) in [6.07, 6.45) is 3.63. The van der Waals surface area contributed by atoms with Crippen molar-refractivity contribution in [2.24, 2.45) is 0 Å². The first-order valence-electron chi connectivity index (χ1n) is 10.7. The topological polar surface area (TPSA) is 104 Å². The van der Waals surface area contributed by atoms with Crippen LogP contribution in [0.4, 0.5) is 0 Å². The molecule has 0 amide bonds. The molecule has 3 aromatic heterocycles. The van der Waals surface area contributed by atoms with Crippen molar-refractivity contribution in [3.63, 3.8) is 0 Å². The molecule has 1 N–H and O–H groups in total. The Balaban J connectivity index is 1.66. The molecule has 0 bridgehead atoms. The molecule has 0 spiro atoms. The van der Waals surface area contributed by atoms with Gasteiger partial charge in [-0.25, -0.2) is 9.78 Å². The maximum absolute atomic E-state index is 13.3. The van der Waals surface area contributed by atoms with Crippen LogP contribution in [0.2, 0.25) is 5.02 Å². The summed E-state index contributed by atoms with van der Waals surface area (Å²) in [7, 11) is 0. The van der Waals surface area contributed by atoms with Crippen LogP contribution in [0.25, 0.3) is 11.2 Å². The van der Waals surface area contributed by atoms with E-state index in [1.54, 1.807) is 47.2 Å². The number of nitrogens with zero attached hydrogens (tertiary/aromatic N) is 4. The average Bonchev–Trinajstić information content (AvgIpc) is 3.47. The number of aryl methyl sites for hydroxylation is 1. The molecule has 0 saturated carbocycles. The monoisotopic (exact) mass is 472 g/mol. The Morgan fingerprint density at radius 2 is 1.97 bits per heavy atom. The third-order valence-electron chi connectivity index (χ3n) is 5.27. The molecule has 33 heavy (non-hydrogen) atoms. The van der Waals surface area contributed by atoms with Crippen LogP contribution in [0.5, 0.6) is 5.75 Å². The van der Waals surface area contributed by atoms with Crippen LogP contribution >= 0.6 is 11.6 Å². The minimum Gasteiger partial charge on any atom is -0.491 e. The fraction of sp³-hybridized carbons (Fsp3) is 0.348. The Hall–Kier alpha value is -3.30. The van der Waals surface area contributed by atoms with Crippen LogP contribution in [0.1, 0.15) is 25.5 Å². The molecule has 4 aromatic rings. The predicted molar refractivity (Wildman–Crippen MR) is 124 cm³/mol. The van der Waals surface area contributed by atoms with Gasteiger partial charge in [0, 0.05) is 11.6 Å². The molecule has 0 aliphatic heterocycles. The number of hydrogen-bond acceptors (Lipinski definition) is 6. The van der Waals surface area contributed by atoms with Gasteiger partial charge < -0.3 is 18.8 Å². The van der Waals surface area contributed by atoms with E-state index in [4.69, 9.17) is 20.8 Å². The van der Waals surface area contributed by atoms with Gasteiger partial charge in [-0.2, -0.15) is 0 Å². The normalized spacial score (nSPS) is 12.3. The molecule has 0 aliphatic rings. The van der Waals surface area contributed by atoms with E-state index in [0.717, 1.165) is 17.4 Å². The number of rotatable bonds is 10. The van der Waals surface area contributed by atoms with E-state index in [0.29, 0.717) is 35.3 Å². The number of aliphatic hydroxyl groups is 1. The number of unbranched alkanes of at least 4 members (excludes halogenated alkanes) is 1. The third-order valence-corrected chi connectivity index (χ3v) is 5.53. The summed E-state index contributed by atoms with van der Waals surface area (Å²) in [6.45, 7) is 2.44. The van der Waals surface area contributed by atoms with Crippen molar-refractivity contribution in [2.45, 2.75) is 45.5 Å². The summed E-state index contributed by atoms with van der Waals surface area (Å²) in [5.74, 6) is 1.18. The highest BCUT2D eigenvalue weighted by Crippen LogP contribution is 2.16. The quantitative estimate of drug-likeness (QED) is 0.380. The third kappa shape index (κ3) is 5.04. The van der Waals surface area contributed by atoms with Crippen molar-refractivity contribution >= 4 is 22.8 Å². The molecule has 1 atom stereocenters. The number of benzene rings is 1. The first kappa shape index (κ1) is 22.9.